The van der Waals surface area contributed by atoms with Crippen LogP contribution in [0.4, 0.5) is 0 Å². The number of hydrogen-bond acceptors (Lipinski definition) is 8. The molecule has 2 aromatic rings. The number of aliphatic carboxylic acids is 2. The molecule has 0 spiro atoms. The first kappa shape index (κ1) is 57.8. The summed E-state index contributed by atoms with van der Waals surface area (Å²) in [4.78, 5) is 20.7. The van der Waals surface area contributed by atoms with Crippen LogP contribution in [0.25, 0.3) is 0 Å². The molecular formula is C50H82BaO8. The van der Waals surface area contributed by atoms with Crippen molar-refractivity contribution in [3.63, 3.8) is 0 Å². The molecule has 0 radical (unpaired) electrons. The van der Waals surface area contributed by atoms with Gasteiger partial charge in [-0.3, -0.25) is 0 Å². The van der Waals surface area contributed by atoms with Crippen LogP contribution in [0.15, 0.2) is 60.7 Å². The number of ether oxygens (including phenoxy) is 2. The Hall–Kier alpha value is -1.21. The normalized spacial score (nSPS) is 13.1. The molecule has 0 aliphatic heterocycles. The second-order valence-electron chi connectivity index (χ2n) is 16.4. The molecule has 0 aliphatic carbocycles. The minimum atomic E-state index is -0.980. The maximum atomic E-state index is 10.4. The summed E-state index contributed by atoms with van der Waals surface area (Å²) in [5.41, 5.74) is 2.46. The number of carboxylic acids is 2. The van der Waals surface area contributed by atoms with Gasteiger partial charge in [-0.15, -0.1) is 0 Å². The Morgan fingerprint density at radius 1 is 0.458 bits per heavy atom. The van der Waals surface area contributed by atoms with Gasteiger partial charge in [0.1, 0.15) is 0 Å². The van der Waals surface area contributed by atoms with Crippen molar-refractivity contribution in [1.29, 1.82) is 0 Å². The van der Waals surface area contributed by atoms with Crippen molar-refractivity contribution in [1.82, 2.24) is 0 Å². The molecule has 0 aliphatic rings. The van der Waals surface area contributed by atoms with Gasteiger partial charge in [-0.2, -0.15) is 0 Å². The predicted molar refractivity (Wildman–Crippen MR) is 238 cm³/mol. The summed E-state index contributed by atoms with van der Waals surface area (Å²) in [6, 6.07) is 20.7. The third-order valence-electron chi connectivity index (χ3n) is 10.9. The van der Waals surface area contributed by atoms with E-state index in [2.05, 4.69) is 62.4 Å². The molecule has 0 amide bonds. The maximum absolute atomic E-state index is 10.4. The van der Waals surface area contributed by atoms with Crippen molar-refractivity contribution < 1.29 is 39.5 Å². The van der Waals surface area contributed by atoms with Gasteiger partial charge in [0.15, 0.2) is 0 Å². The molecule has 0 saturated carbocycles. The van der Waals surface area contributed by atoms with Crippen LogP contribution in [0.1, 0.15) is 205 Å². The molecule has 9 heteroatoms. The van der Waals surface area contributed by atoms with E-state index in [4.69, 9.17) is 9.47 Å². The molecule has 0 fully saturated rings. The zero-order valence-electron chi connectivity index (χ0n) is 37.3. The first-order valence-corrected chi connectivity index (χ1v) is 23.3. The minimum Gasteiger partial charge on any atom is -0.550 e. The van der Waals surface area contributed by atoms with Crippen molar-refractivity contribution in [2.24, 2.45) is 0 Å². The Bertz CT molecular complexity index is 1110. The van der Waals surface area contributed by atoms with E-state index in [9.17, 15) is 30.0 Å². The summed E-state index contributed by atoms with van der Waals surface area (Å²) >= 11 is 0. The van der Waals surface area contributed by atoms with Crippen molar-refractivity contribution >= 4 is 60.8 Å². The van der Waals surface area contributed by atoms with Crippen LogP contribution < -0.4 is 10.2 Å². The summed E-state index contributed by atoms with van der Waals surface area (Å²) in [6.45, 7) is 5.84. The van der Waals surface area contributed by atoms with Gasteiger partial charge >= 0.3 is 48.9 Å². The van der Waals surface area contributed by atoms with Gasteiger partial charge in [0, 0.05) is 11.9 Å². The number of unbranched alkanes of at least 4 members (excludes halogenated alkanes) is 12. The Morgan fingerprint density at radius 3 is 1.05 bits per heavy atom. The average Bonchev–Trinajstić information content (AvgIpc) is 3.21. The van der Waals surface area contributed by atoms with Gasteiger partial charge in [0.25, 0.3) is 0 Å². The standard InChI is InChI=1S/2C25H42O4.Ba/c2*1-2-3-7-18-24(29-21-22-14-8-4-9-15-22)19-12-5-10-16-23(26)17-11-6-13-20-25(27)28;/h2*4,8-9,14-15,23-24,26H,2-3,5-7,10-13,16-21H2,1H3,(H,27,28);/q;;+2/p-2. The summed E-state index contributed by atoms with van der Waals surface area (Å²) < 4.78 is 12.4. The van der Waals surface area contributed by atoms with E-state index in [1.807, 2.05) is 12.1 Å². The van der Waals surface area contributed by atoms with E-state index in [1.54, 1.807) is 0 Å². The van der Waals surface area contributed by atoms with Crippen LogP contribution in [0.2, 0.25) is 0 Å². The van der Waals surface area contributed by atoms with Crippen LogP contribution in [0.3, 0.4) is 0 Å². The summed E-state index contributed by atoms with van der Waals surface area (Å²) in [5.74, 6) is -1.96. The fourth-order valence-electron chi connectivity index (χ4n) is 7.24. The molecule has 2 N–H and O–H groups in total. The molecule has 8 nitrogen and oxygen atoms in total. The number of hydrogen-bond donors (Lipinski definition) is 2. The number of aliphatic hydroxyl groups excluding tert-OH is 2. The van der Waals surface area contributed by atoms with Crippen molar-refractivity contribution in [2.45, 2.75) is 231 Å². The van der Waals surface area contributed by atoms with Crippen molar-refractivity contribution in [3.8, 4) is 0 Å². The largest absolute Gasteiger partial charge is 2.00 e. The van der Waals surface area contributed by atoms with E-state index in [1.165, 1.54) is 49.7 Å². The number of benzene rings is 2. The number of aliphatic hydroxyl groups is 2. The van der Waals surface area contributed by atoms with Gasteiger partial charge in [-0.25, -0.2) is 0 Å². The summed E-state index contributed by atoms with van der Waals surface area (Å²) in [6.07, 6.45) is 26.9. The average molecular weight is 949 g/mol. The quantitative estimate of drug-likeness (QED) is 0.0501. The second-order valence-corrected chi connectivity index (χ2v) is 16.4. The third-order valence-corrected chi connectivity index (χ3v) is 10.9. The molecule has 0 bridgehead atoms. The van der Waals surface area contributed by atoms with E-state index >= 15 is 0 Å². The topological polar surface area (TPSA) is 139 Å². The molecule has 4 atom stereocenters. The monoisotopic (exact) mass is 949 g/mol. The molecule has 332 valence electrons. The van der Waals surface area contributed by atoms with Crippen LogP contribution in [-0.2, 0) is 32.3 Å². The van der Waals surface area contributed by atoms with Gasteiger partial charge in [-0.05, 0) is 88.2 Å². The van der Waals surface area contributed by atoms with Crippen LogP contribution in [0.5, 0.6) is 0 Å². The van der Waals surface area contributed by atoms with E-state index < -0.39 is 11.9 Å². The third kappa shape index (κ3) is 38.2. The Kier molecular flexibility index (Phi) is 41.2. The fraction of sp³-hybridized carbons (Fsp3) is 0.720. The van der Waals surface area contributed by atoms with Crippen molar-refractivity contribution in [3.05, 3.63) is 71.8 Å². The number of rotatable bonds is 38. The molecule has 4 unspecified atom stereocenters. The van der Waals surface area contributed by atoms with E-state index in [0.29, 0.717) is 38.3 Å². The molecule has 0 aromatic heterocycles. The molecule has 2 aromatic carbocycles. The maximum Gasteiger partial charge on any atom is 2.00 e. The molecule has 2 rings (SSSR count). The smallest absolute Gasteiger partial charge is 0.550 e. The van der Waals surface area contributed by atoms with E-state index in [-0.39, 0.29) is 73.9 Å². The predicted octanol–water partition coefficient (Wildman–Crippen LogP) is 9.95. The fourth-order valence-corrected chi connectivity index (χ4v) is 7.24. The molecular weight excluding hydrogens is 866 g/mol. The Balaban J connectivity index is 0.00000112. The Morgan fingerprint density at radius 2 is 0.746 bits per heavy atom. The summed E-state index contributed by atoms with van der Waals surface area (Å²) in [5, 5.41) is 40.9. The summed E-state index contributed by atoms with van der Waals surface area (Å²) in [7, 11) is 0. The van der Waals surface area contributed by atoms with Gasteiger partial charge in [0.05, 0.1) is 37.6 Å². The number of carbonyl (C=O) groups excluding carboxylic acids is 2. The number of carboxylic acid groups (broad SMARTS) is 2. The first-order chi connectivity index (χ1) is 28.2. The van der Waals surface area contributed by atoms with E-state index in [0.717, 1.165) is 116 Å². The van der Waals surface area contributed by atoms with Gasteiger partial charge < -0.3 is 39.5 Å². The van der Waals surface area contributed by atoms with Crippen molar-refractivity contribution in [2.75, 3.05) is 0 Å². The van der Waals surface area contributed by atoms with Gasteiger partial charge in [-0.1, -0.05) is 177 Å². The van der Waals surface area contributed by atoms with Crippen LogP contribution in [-0.4, -0.2) is 95.4 Å². The van der Waals surface area contributed by atoms with Crippen LogP contribution >= 0.6 is 0 Å². The zero-order chi connectivity index (χ0) is 42.3. The first-order valence-electron chi connectivity index (χ1n) is 23.3. The Labute approximate surface area is 400 Å². The van der Waals surface area contributed by atoms with Crippen LogP contribution in [0, 0.1) is 0 Å². The zero-order valence-corrected chi connectivity index (χ0v) is 41.8. The molecule has 0 heterocycles. The van der Waals surface area contributed by atoms with Gasteiger partial charge in [0.2, 0.25) is 0 Å². The SMILES string of the molecule is CCCCCC(CCCCCC(O)CCCCCC(=O)[O-])OCc1ccccc1.CCCCCC(CCCCCC(O)CCCCCC(=O)[O-])OCc1ccccc1.[Ba+2]. The molecule has 59 heavy (non-hydrogen) atoms. The minimum absolute atomic E-state index is 0. The second kappa shape index (κ2) is 42.1. The number of carbonyl (C=O) groups is 2. The molecule has 0 saturated heterocycles.